The number of esters is 1. The lowest BCUT2D eigenvalue weighted by atomic mass is 9.98. The summed E-state index contributed by atoms with van der Waals surface area (Å²) < 4.78 is 7.93. The van der Waals surface area contributed by atoms with E-state index in [0.29, 0.717) is 6.42 Å². The minimum Gasteiger partial charge on any atom is -0.457 e. The monoisotopic (exact) mass is 350 g/mol. The molecule has 0 fully saturated rings. The second kappa shape index (κ2) is 9.18. The minimum absolute atomic E-state index is 0.109. The van der Waals surface area contributed by atoms with Crippen LogP contribution in [0.1, 0.15) is 50.7 Å². The van der Waals surface area contributed by atoms with Crippen LogP contribution in [0.15, 0.2) is 61.2 Å². The van der Waals surface area contributed by atoms with Crippen LogP contribution >= 0.6 is 0 Å². The number of ether oxygens (including phenoxy) is 1. The van der Waals surface area contributed by atoms with Gasteiger partial charge in [-0.05, 0) is 17.2 Å². The van der Waals surface area contributed by atoms with Crippen LogP contribution < -0.4 is 0 Å². The molecule has 0 bridgehead atoms. The van der Waals surface area contributed by atoms with E-state index in [2.05, 4.69) is 36.2 Å². The Bertz CT molecular complexity index is 822. The summed E-state index contributed by atoms with van der Waals surface area (Å²) in [5.41, 5.74) is 1.08. The molecule has 3 aromatic rings. The third-order valence-corrected chi connectivity index (χ3v) is 4.64. The number of fused-ring (bicyclic) bond motifs is 1. The van der Waals surface area contributed by atoms with Gasteiger partial charge in [-0.15, -0.1) is 0 Å². The summed E-state index contributed by atoms with van der Waals surface area (Å²) in [7, 11) is 0. The van der Waals surface area contributed by atoms with Gasteiger partial charge in [0.25, 0.3) is 0 Å². The molecule has 26 heavy (non-hydrogen) atoms. The first kappa shape index (κ1) is 18.2. The molecule has 3 rings (SSSR count). The zero-order valence-electron chi connectivity index (χ0n) is 15.3. The number of aryl methyl sites for hydroxylation is 1. The molecule has 4 heteroatoms. The number of benzene rings is 2. The van der Waals surface area contributed by atoms with Crippen LogP contribution in [-0.4, -0.2) is 15.5 Å². The lowest BCUT2D eigenvalue weighted by Gasteiger charge is -2.20. The van der Waals surface area contributed by atoms with Gasteiger partial charge in [-0.1, -0.05) is 62.2 Å². The number of imidazole rings is 1. The molecule has 0 saturated heterocycles. The van der Waals surface area contributed by atoms with E-state index in [1.165, 1.54) is 5.39 Å². The van der Waals surface area contributed by atoms with Crippen LogP contribution in [0.25, 0.3) is 10.8 Å². The van der Waals surface area contributed by atoms with Crippen molar-refractivity contribution in [2.75, 3.05) is 0 Å². The average molecular weight is 350 g/mol. The lowest BCUT2D eigenvalue weighted by Crippen LogP contribution is -2.14. The summed E-state index contributed by atoms with van der Waals surface area (Å²) in [5, 5.41) is 2.31. The van der Waals surface area contributed by atoms with Gasteiger partial charge < -0.3 is 9.30 Å². The van der Waals surface area contributed by atoms with Gasteiger partial charge in [0.05, 0.1) is 6.33 Å². The number of unbranched alkanes of at least 4 members (excludes halogenated alkanes) is 2. The van der Waals surface area contributed by atoms with Crippen molar-refractivity contribution in [3.8, 4) is 0 Å². The number of nitrogens with zero attached hydrogens (tertiary/aromatic N) is 2. The number of rotatable bonds is 9. The zero-order valence-corrected chi connectivity index (χ0v) is 15.3. The quantitative estimate of drug-likeness (QED) is 0.389. The van der Waals surface area contributed by atoms with Crippen molar-refractivity contribution in [3.05, 3.63) is 66.7 Å². The molecule has 0 N–H and O–H groups in total. The third-order valence-electron chi connectivity index (χ3n) is 4.64. The smallest absolute Gasteiger partial charge is 0.306 e. The highest BCUT2D eigenvalue weighted by molar-refractivity contribution is 5.86. The zero-order chi connectivity index (χ0) is 18.2. The van der Waals surface area contributed by atoms with Gasteiger partial charge in [-0.3, -0.25) is 4.79 Å². The highest BCUT2D eigenvalue weighted by atomic mass is 16.5. The van der Waals surface area contributed by atoms with E-state index in [9.17, 15) is 4.79 Å². The van der Waals surface area contributed by atoms with Gasteiger partial charge >= 0.3 is 5.97 Å². The summed E-state index contributed by atoms with van der Waals surface area (Å²) in [6.45, 7) is 2.89. The molecule has 0 spiro atoms. The van der Waals surface area contributed by atoms with Gasteiger partial charge in [0, 0.05) is 37.3 Å². The van der Waals surface area contributed by atoms with Crippen molar-refractivity contribution in [1.82, 2.24) is 9.55 Å². The minimum atomic E-state index is -0.252. The summed E-state index contributed by atoms with van der Waals surface area (Å²) in [4.78, 5) is 16.4. The Morgan fingerprint density at radius 2 is 2.00 bits per heavy atom. The highest BCUT2D eigenvalue weighted by Gasteiger charge is 2.19. The summed E-state index contributed by atoms with van der Waals surface area (Å²) >= 11 is 0. The molecule has 1 unspecified atom stereocenters. The fourth-order valence-corrected chi connectivity index (χ4v) is 3.23. The number of carbonyl (C=O) groups excluding carboxylic acids is 1. The summed E-state index contributed by atoms with van der Waals surface area (Å²) in [5.74, 6) is -0.109. The average Bonchev–Trinajstić information content (AvgIpc) is 3.18. The van der Waals surface area contributed by atoms with Gasteiger partial charge in [-0.25, -0.2) is 4.98 Å². The van der Waals surface area contributed by atoms with Gasteiger partial charge in [-0.2, -0.15) is 0 Å². The Labute approximate surface area is 154 Å². The number of carbonyl (C=O) groups is 1. The Kier molecular flexibility index (Phi) is 6.42. The fourth-order valence-electron chi connectivity index (χ4n) is 3.23. The van der Waals surface area contributed by atoms with Gasteiger partial charge in [0.2, 0.25) is 0 Å². The molecular weight excluding hydrogens is 324 g/mol. The van der Waals surface area contributed by atoms with Crippen molar-refractivity contribution >= 4 is 16.7 Å². The van der Waals surface area contributed by atoms with Crippen molar-refractivity contribution in [3.63, 3.8) is 0 Å². The molecule has 4 nitrogen and oxygen atoms in total. The van der Waals surface area contributed by atoms with E-state index in [1.54, 1.807) is 12.5 Å². The molecular formula is C22H26N2O2. The van der Waals surface area contributed by atoms with Gasteiger partial charge in [0.1, 0.15) is 6.10 Å². The lowest BCUT2D eigenvalue weighted by molar-refractivity contribution is -0.150. The summed E-state index contributed by atoms with van der Waals surface area (Å²) in [6, 6.07) is 14.4. The van der Waals surface area contributed by atoms with Crippen LogP contribution in [0, 0.1) is 0 Å². The van der Waals surface area contributed by atoms with Crippen LogP contribution in [0.3, 0.4) is 0 Å². The van der Waals surface area contributed by atoms with Crippen LogP contribution in [0.5, 0.6) is 0 Å². The maximum Gasteiger partial charge on any atom is 0.306 e. The number of aromatic nitrogens is 2. The Balaban J connectivity index is 1.80. The van der Waals surface area contributed by atoms with Crippen molar-refractivity contribution in [1.29, 1.82) is 0 Å². The van der Waals surface area contributed by atoms with Crippen LogP contribution in [0.4, 0.5) is 0 Å². The highest BCUT2D eigenvalue weighted by Crippen LogP contribution is 2.30. The van der Waals surface area contributed by atoms with Crippen molar-refractivity contribution in [2.24, 2.45) is 0 Å². The molecule has 0 saturated carbocycles. The molecule has 0 aliphatic heterocycles. The molecule has 136 valence electrons. The van der Waals surface area contributed by atoms with Crippen LogP contribution in [-0.2, 0) is 16.1 Å². The molecule has 0 amide bonds. The van der Waals surface area contributed by atoms with E-state index in [4.69, 9.17) is 4.74 Å². The van der Waals surface area contributed by atoms with E-state index in [1.807, 2.05) is 29.0 Å². The number of hydrogen-bond donors (Lipinski definition) is 0. The predicted molar refractivity (Wildman–Crippen MR) is 104 cm³/mol. The SMILES string of the molecule is CCCCCC(=O)OC(CCn1ccnc1)c1cccc2ccccc12. The largest absolute Gasteiger partial charge is 0.457 e. The number of hydrogen-bond acceptors (Lipinski definition) is 3. The predicted octanol–water partition coefficient (Wildman–Crippen LogP) is 5.29. The molecule has 0 aliphatic carbocycles. The van der Waals surface area contributed by atoms with E-state index in [0.717, 1.165) is 43.2 Å². The second-order valence-corrected chi connectivity index (χ2v) is 6.59. The van der Waals surface area contributed by atoms with E-state index in [-0.39, 0.29) is 12.1 Å². The first-order valence-corrected chi connectivity index (χ1v) is 9.41. The second-order valence-electron chi connectivity index (χ2n) is 6.59. The van der Waals surface area contributed by atoms with Crippen molar-refractivity contribution < 1.29 is 9.53 Å². The van der Waals surface area contributed by atoms with E-state index >= 15 is 0 Å². The summed E-state index contributed by atoms with van der Waals surface area (Å²) in [6.07, 6.45) is 9.50. The first-order valence-electron chi connectivity index (χ1n) is 9.41. The normalized spacial score (nSPS) is 12.2. The van der Waals surface area contributed by atoms with Gasteiger partial charge in [0.15, 0.2) is 0 Å². The maximum absolute atomic E-state index is 12.4. The Hall–Kier alpha value is -2.62. The maximum atomic E-state index is 12.4. The Morgan fingerprint density at radius 1 is 1.15 bits per heavy atom. The molecule has 2 aromatic carbocycles. The molecule has 0 radical (unpaired) electrons. The molecule has 1 atom stereocenters. The van der Waals surface area contributed by atoms with Crippen LogP contribution in [0.2, 0.25) is 0 Å². The molecule has 0 aliphatic rings. The fraction of sp³-hybridized carbons (Fsp3) is 0.364. The topological polar surface area (TPSA) is 44.1 Å². The third kappa shape index (κ3) is 4.72. The standard InChI is InChI=1S/C22H26N2O2/c1-2-3-4-12-22(25)26-21(13-15-24-16-14-23-17-24)20-11-7-9-18-8-5-6-10-19(18)20/h5-11,14,16-17,21H,2-4,12-13,15H2,1H3. The first-order chi connectivity index (χ1) is 12.8. The van der Waals surface area contributed by atoms with E-state index < -0.39 is 0 Å². The Morgan fingerprint density at radius 3 is 2.81 bits per heavy atom. The molecule has 1 heterocycles. The molecule has 1 aromatic heterocycles. The van der Waals surface area contributed by atoms with Crippen molar-refractivity contribution in [2.45, 2.75) is 51.7 Å².